The predicted molar refractivity (Wildman–Crippen MR) is 108 cm³/mol. The molecule has 0 bridgehead atoms. The van der Waals surface area contributed by atoms with Crippen LogP contribution in [0.2, 0.25) is 0 Å². The lowest BCUT2D eigenvalue weighted by atomic mass is 10.1. The number of ether oxygens (including phenoxy) is 2. The Morgan fingerprint density at radius 1 is 1.04 bits per heavy atom. The smallest absolute Gasteiger partial charge is 0.325 e. The zero-order valence-electron chi connectivity index (χ0n) is 16.7. The Kier molecular flexibility index (Phi) is 15.1. The van der Waals surface area contributed by atoms with Crippen molar-refractivity contribution in [1.29, 1.82) is 0 Å². The molecule has 0 radical (unpaired) electrons. The van der Waals surface area contributed by atoms with Gasteiger partial charge in [0.25, 0.3) is 0 Å². The van der Waals surface area contributed by atoms with Crippen molar-refractivity contribution >= 4 is 36.4 Å². The Bertz CT molecular complexity index is 504. The Balaban J connectivity index is 4.20. The van der Waals surface area contributed by atoms with Crippen molar-refractivity contribution in [3.8, 4) is 0 Å². The lowest BCUT2D eigenvalue weighted by Crippen LogP contribution is -2.49. The Hall–Kier alpha value is -1.81. The number of rotatable bonds is 15. The molecule has 0 aromatic heterocycles. The van der Waals surface area contributed by atoms with Gasteiger partial charge in [0.2, 0.25) is 11.8 Å². The maximum Gasteiger partial charge on any atom is 0.325 e. The zero-order chi connectivity index (χ0) is 21.4. The predicted octanol–water partition coefficient (Wildman–Crippen LogP) is 0.311. The van der Waals surface area contributed by atoms with Crippen molar-refractivity contribution in [2.75, 3.05) is 25.5 Å². The molecule has 28 heavy (non-hydrogen) atoms. The second-order valence-corrected chi connectivity index (χ2v) is 6.63. The standard InChI is InChI=1S/C18H33N3O6S/c1-3-5-9-26-16(23)11-20-17(24)14(12-28)21-15(22)8-7-13(19)18(25)27-10-6-4-2/h13-14,28H,3-12,19H2,1-2H3,(H,20,24)(H,21,22). The fourth-order valence-electron chi connectivity index (χ4n) is 1.95. The molecule has 2 amide bonds. The first-order valence-corrected chi connectivity index (χ1v) is 10.2. The Morgan fingerprint density at radius 3 is 2.21 bits per heavy atom. The molecule has 9 nitrogen and oxygen atoms in total. The largest absolute Gasteiger partial charge is 0.465 e. The van der Waals surface area contributed by atoms with Crippen LogP contribution < -0.4 is 16.4 Å². The van der Waals surface area contributed by atoms with E-state index in [-0.39, 0.29) is 25.1 Å². The van der Waals surface area contributed by atoms with Gasteiger partial charge in [-0.15, -0.1) is 0 Å². The first-order valence-electron chi connectivity index (χ1n) is 9.61. The fraction of sp³-hybridized carbons (Fsp3) is 0.778. The van der Waals surface area contributed by atoms with E-state index in [4.69, 9.17) is 15.2 Å². The highest BCUT2D eigenvalue weighted by atomic mass is 32.1. The van der Waals surface area contributed by atoms with Crippen LogP contribution in [-0.2, 0) is 28.7 Å². The fourth-order valence-corrected chi connectivity index (χ4v) is 2.21. The van der Waals surface area contributed by atoms with Crippen LogP contribution in [0.3, 0.4) is 0 Å². The first kappa shape index (κ1) is 26.2. The van der Waals surface area contributed by atoms with E-state index in [2.05, 4.69) is 23.3 Å². The highest BCUT2D eigenvalue weighted by molar-refractivity contribution is 7.80. The lowest BCUT2D eigenvalue weighted by Gasteiger charge is -2.17. The SMILES string of the molecule is CCCCOC(=O)CNC(=O)C(CS)NC(=O)CCC(N)C(=O)OCCCC. The molecule has 0 spiro atoms. The van der Waals surface area contributed by atoms with Crippen LogP contribution in [0.4, 0.5) is 0 Å². The van der Waals surface area contributed by atoms with Crippen LogP contribution in [0.1, 0.15) is 52.4 Å². The molecular weight excluding hydrogens is 386 g/mol. The highest BCUT2D eigenvalue weighted by Crippen LogP contribution is 2.00. The molecule has 2 unspecified atom stereocenters. The number of carbonyl (C=O) groups is 4. The third-order valence-corrected chi connectivity index (χ3v) is 4.09. The van der Waals surface area contributed by atoms with Gasteiger partial charge in [0.1, 0.15) is 18.6 Å². The van der Waals surface area contributed by atoms with Gasteiger partial charge < -0.3 is 25.8 Å². The number of unbranched alkanes of at least 4 members (excludes halogenated alkanes) is 2. The molecule has 10 heteroatoms. The molecule has 4 N–H and O–H groups in total. The summed E-state index contributed by atoms with van der Waals surface area (Å²) >= 11 is 4.04. The molecule has 0 saturated heterocycles. The molecule has 0 aliphatic rings. The van der Waals surface area contributed by atoms with Crippen LogP contribution >= 0.6 is 12.6 Å². The second kappa shape index (κ2) is 16.2. The number of esters is 2. The molecule has 0 aliphatic carbocycles. The van der Waals surface area contributed by atoms with Crippen LogP contribution in [0.15, 0.2) is 0 Å². The zero-order valence-corrected chi connectivity index (χ0v) is 17.6. The maximum atomic E-state index is 12.1. The minimum absolute atomic E-state index is 0.0410. The van der Waals surface area contributed by atoms with Gasteiger partial charge in [0.15, 0.2) is 0 Å². The third kappa shape index (κ3) is 12.6. The van der Waals surface area contributed by atoms with Gasteiger partial charge in [0.05, 0.1) is 13.2 Å². The highest BCUT2D eigenvalue weighted by Gasteiger charge is 2.22. The van der Waals surface area contributed by atoms with E-state index in [1.807, 2.05) is 13.8 Å². The number of nitrogens with one attached hydrogen (secondary N) is 2. The summed E-state index contributed by atoms with van der Waals surface area (Å²) in [6.07, 6.45) is 3.36. The van der Waals surface area contributed by atoms with E-state index >= 15 is 0 Å². The van der Waals surface area contributed by atoms with E-state index in [0.29, 0.717) is 13.2 Å². The summed E-state index contributed by atoms with van der Waals surface area (Å²) in [6.45, 7) is 4.27. The monoisotopic (exact) mass is 419 g/mol. The van der Waals surface area contributed by atoms with Gasteiger partial charge in [-0.25, -0.2) is 0 Å². The molecule has 0 fully saturated rings. The molecule has 0 aromatic rings. The van der Waals surface area contributed by atoms with Gasteiger partial charge in [-0.05, 0) is 19.3 Å². The normalized spacial score (nSPS) is 12.6. The summed E-state index contributed by atoms with van der Waals surface area (Å²) in [5.74, 6) is -2.03. The van der Waals surface area contributed by atoms with Crippen molar-refractivity contribution in [2.45, 2.75) is 64.5 Å². The molecule has 0 aliphatic heterocycles. The van der Waals surface area contributed by atoms with Crippen molar-refractivity contribution < 1.29 is 28.7 Å². The topological polar surface area (TPSA) is 137 Å². The van der Waals surface area contributed by atoms with Crippen molar-refractivity contribution in [1.82, 2.24) is 10.6 Å². The van der Waals surface area contributed by atoms with Crippen molar-refractivity contribution in [3.05, 3.63) is 0 Å². The number of thiol groups is 1. The van der Waals surface area contributed by atoms with Gasteiger partial charge in [-0.3, -0.25) is 19.2 Å². The van der Waals surface area contributed by atoms with Crippen LogP contribution in [0.5, 0.6) is 0 Å². The van der Waals surface area contributed by atoms with Crippen LogP contribution in [0.25, 0.3) is 0 Å². The summed E-state index contributed by atoms with van der Waals surface area (Å²) < 4.78 is 9.92. The van der Waals surface area contributed by atoms with Gasteiger partial charge in [-0.2, -0.15) is 12.6 Å². The quantitative estimate of drug-likeness (QED) is 0.170. The van der Waals surface area contributed by atoms with Crippen LogP contribution in [-0.4, -0.2) is 61.3 Å². The Labute approximate surface area is 171 Å². The average molecular weight is 420 g/mol. The van der Waals surface area contributed by atoms with Crippen LogP contribution in [0, 0.1) is 0 Å². The molecule has 0 rings (SSSR count). The molecule has 0 saturated carbocycles. The van der Waals surface area contributed by atoms with E-state index in [1.54, 1.807) is 0 Å². The summed E-state index contributed by atoms with van der Waals surface area (Å²) in [4.78, 5) is 47.2. The van der Waals surface area contributed by atoms with Gasteiger partial charge in [0, 0.05) is 12.2 Å². The van der Waals surface area contributed by atoms with Crippen molar-refractivity contribution in [2.24, 2.45) is 5.73 Å². The lowest BCUT2D eigenvalue weighted by molar-refractivity contribution is -0.145. The number of hydrogen-bond acceptors (Lipinski definition) is 8. The Morgan fingerprint density at radius 2 is 1.64 bits per heavy atom. The maximum absolute atomic E-state index is 12.1. The van der Waals surface area contributed by atoms with E-state index < -0.39 is 35.8 Å². The third-order valence-electron chi connectivity index (χ3n) is 3.73. The van der Waals surface area contributed by atoms with Gasteiger partial charge in [-0.1, -0.05) is 26.7 Å². The molecular formula is C18H33N3O6S. The number of nitrogens with two attached hydrogens (primary N) is 1. The summed E-state index contributed by atoms with van der Waals surface area (Å²) in [6, 6.07) is -1.81. The minimum atomic E-state index is -0.910. The number of hydrogen-bond donors (Lipinski definition) is 4. The molecule has 2 atom stereocenters. The molecule has 0 heterocycles. The second-order valence-electron chi connectivity index (χ2n) is 6.26. The van der Waals surface area contributed by atoms with Crippen molar-refractivity contribution in [3.63, 3.8) is 0 Å². The number of amides is 2. The summed E-state index contributed by atoms with van der Waals surface area (Å²) in [7, 11) is 0. The summed E-state index contributed by atoms with van der Waals surface area (Å²) in [5, 5.41) is 4.90. The summed E-state index contributed by atoms with van der Waals surface area (Å²) in [5.41, 5.74) is 5.70. The molecule has 162 valence electrons. The van der Waals surface area contributed by atoms with E-state index in [1.165, 1.54) is 0 Å². The molecule has 0 aromatic carbocycles. The van der Waals surface area contributed by atoms with E-state index in [0.717, 1.165) is 25.7 Å². The van der Waals surface area contributed by atoms with Gasteiger partial charge >= 0.3 is 11.9 Å². The van der Waals surface area contributed by atoms with E-state index in [9.17, 15) is 19.2 Å². The minimum Gasteiger partial charge on any atom is -0.465 e. The first-order chi connectivity index (χ1) is 13.3. The average Bonchev–Trinajstić information content (AvgIpc) is 2.68. The number of carbonyl (C=O) groups excluding carboxylic acids is 4.